The fraction of sp³-hybridized carbons (Fsp3) is 0.200. The van der Waals surface area contributed by atoms with Crippen LogP contribution in [-0.2, 0) is 14.3 Å². The monoisotopic (exact) mass is 228 g/mol. The number of carboxylic acid groups (broad SMARTS) is 1. The van der Waals surface area contributed by atoms with E-state index in [9.17, 15) is 9.59 Å². The van der Waals surface area contributed by atoms with Crippen molar-refractivity contribution in [1.82, 2.24) is 0 Å². The molecule has 0 aliphatic rings. The highest BCUT2D eigenvalue weighted by molar-refractivity contribution is 6.30. The quantitative estimate of drug-likeness (QED) is 0.804. The van der Waals surface area contributed by atoms with Crippen molar-refractivity contribution in [2.24, 2.45) is 0 Å². The number of aliphatic carboxylic acids is 1. The summed E-state index contributed by atoms with van der Waals surface area (Å²) in [6.07, 6.45) is -1.30. The number of hydrogen-bond donors (Lipinski definition) is 1. The summed E-state index contributed by atoms with van der Waals surface area (Å²) in [4.78, 5) is 21.5. The minimum atomic E-state index is -1.30. The average molecular weight is 229 g/mol. The molecular formula is C10H9ClO4. The van der Waals surface area contributed by atoms with Gasteiger partial charge < -0.3 is 9.84 Å². The van der Waals surface area contributed by atoms with E-state index in [2.05, 4.69) is 4.74 Å². The molecule has 1 N–H and O–H groups in total. The molecule has 80 valence electrons. The number of ether oxygens (including phenoxy) is 1. The first-order valence-electron chi connectivity index (χ1n) is 4.16. The molecule has 0 saturated carbocycles. The Bertz CT molecular complexity index is 389. The summed E-state index contributed by atoms with van der Waals surface area (Å²) < 4.78 is 4.66. The van der Waals surface area contributed by atoms with Gasteiger partial charge in [0, 0.05) is 17.5 Å². The molecule has 0 fully saturated rings. The molecule has 0 amide bonds. The van der Waals surface area contributed by atoms with Crippen molar-refractivity contribution in [3.63, 3.8) is 0 Å². The van der Waals surface area contributed by atoms with E-state index in [-0.39, 0.29) is 0 Å². The third-order valence-corrected chi connectivity index (χ3v) is 1.89. The fourth-order valence-electron chi connectivity index (χ4n) is 1.10. The molecular weight excluding hydrogens is 220 g/mol. The Morgan fingerprint density at radius 2 is 2.13 bits per heavy atom. The third-order valence-electron chi connectivity index (χ3n) is 1.66. The van der Waals surface area contributed by atoms with E-state index in [1.54, 1.807) is 12.1 Å². The van der Waals surface area contributed by atoms with Gasteiger partial charge in [0.25, 0.3) is 0 Å². The van der Waals surface area contributed by atoms with E-state index < -0.39 is 18.0 Å². The second-order valence-corrected chi connectivity index (χ2v) is 3.32. The van der Waals surface area contributed by atoms with Crippen molar-refractivity contribution in [3.05, 3.63) is 34.9 Å². The smallest absolute Gasteiger partial charge is 0.349 e. The minimum Gasteiger partial charge on any atom is -0.478 e. The minimum absolute atomic E-state index is 0.338. The van der Waals surface area contributed by atoms with Gasteiger partial charge in [-0.15, -0.1) is 0 Å². The summed E-state index contributed by atoms with van der Waals surface area (Å²) in [5.41, 5.74) is 0.338. The Labute approximate surface area is 91.4 Å². The van der Waals surface area contributed by atoms with Crippen molar-refractivity contribution in [1.29, 1.82) is 0 Å². The topological polar surface area (TPSA) is 63.6 Å². The normalized spacial score (nSPS) is 11.9. The number of halogens is 1. The highest BCUT2D eigenvalue weighted by Gasteiger charge is 2.22. The van der Waals surface area contributed by atoms with Crippen LogP contribution >= 0.6 is 11.6 Å². The Balaban J connectivity index is 2.98. The summed E-state index contributed by atoms with van der Waals surface area (Å²) in [5.74, 6) is -1.88. The zero-order chi connectivity index (χ0) is 11.4. The second kappa shape index (κ2) is 4.79. The maximum atomic E-state index is 10.8. The van der Waals surface area contributed by atoms with Crippen molar-refractivity contribution in [2.75, 3.05) is 0 Å². The molecule has 0 unspecified atom stereocenters. The van der Waals surface area contributed by atoms with Gasteiger partial charge in [-0.3, -0.25) is 4.79 Å². The van der Waals surface area contributed by atoms with Gasteiger partial charge in [0.1, 0.15) is 0 Å². The number of rotatable bonds is 3. The first-order chi connectivity index (χ1) is 7.00. The average Bonchev–Trinajstić information content (AvgIpc) is 2.13. The number of carboxylic acids is 1. The van der Waals surface area contributed by atoms with E-state index in [0.29, 0.717) is 10.6 Å². The molecule has 4 nitrogen and oxygen atoms in total. The third kappa shape index (κ3) is 3.25. The van der Waals surface area contributed by atoms with Gasteiger partial charge in [0.2, 0.25) is 6.10 Å². The molecule has 0 radical (unpaired) electrons. The number of hydrogen-bond acceptors (Lipinski definition) is 3. The predicted octanol–water partition coefficient (Wildman–Crippen LogP) is 2.03. The Morgan fingerprint density at radius 1 is 1.47 bits per heavy atom. The van der Waals surface area contributed by atoms with Crippen LogP contribution in [0.15, 0.2) is 24.3 Å². The summed E-state index contributed by atoms with van der Waals surface area (Å²) >= 11 is 5.70. The molecule has 1 rings (SSSR count). The largest absolute Gasteiger partial charge is 0.478 e. The fourth-order valence-corrected chi connectivity index (χ4v) is 1.30. The summed E-state index contributed by atoms with van der Waals surface area (Å²) in [6.45, 7) is 1.15. The second-order valence-electron chi connectivity index (χ2n) is 2.88. The van der Waals surface area contributed by atoms with E-state index in [0.717, 1.165) is 6.92 Å². The molecule has 0 aliphatic heterocycles. The standard InChI is InChI=1S/C10H9ClO4/c1-6(12)15-9(10(13)14)7-3-2-4-8(11)5-7/h2-5,9H,1H3,(H,13,14)/t9-/m0/s1. The molecule has 1 atom stereocenters. The van der Waals surface area contributed by atoms with E-state index in [4.69, 9.17) is 16.7 Å². The molecule has 1 aromatic carbocycles. The molecule has 0 aliphatic carbocycles. The van der Waals surface area contributed by atoms with Crippen molar-refractivity contribution < 1.29 is 19.4 Å². The first kappa shape index (κ1) is 11.5. The van der Waals surface area contributed by atoms with Gasteiger partial charge in [-0.25, -0.2) is 4.79 Å². The Kier molecular flexibility index (Phi) is 3.68. The number of esters is 1. The van der Waals surface area contributed by atoms with Gasteiger partial charge in [0.15, 0.2) is 0 Å². The van der Waals surface area contributed by atoms with E-state index in [1.807, 2.05) is 0 Å². The first-order valence-corrected chi connectivity index (χ1v) is 4.54. The molecule has 1 aromatic rings. The Hall–Kier alpha value is -1.55. The summed E-state index contributed by atoms with van der Waals surface area (Å²) in [7, 11) is 0. The zero-order valence-corrected chi connectivity index (χ0v) is 8.69. The lowest BCUT2D eigenvalue weighted by molar-refractivity contribution is -0.163. The molecule has 0 spiro atoms. The summed E-state index contributed by atoms with van der Waals surface area (Å²) in [6, 6.07) is 6.19. The highest BCUT2D eigenvalue weighted by Crippen LogP contribution is 2.21. The van der Waals surface area contributed by atoms with Crippen LogP contribution < -0.4 is 0 Å². The van der Waals surface area contributed by atoms with Crippen LogP contribution in [-0.4, -0.2) is 17.0 Å². The molecule has 0 saturated heterocycles. The zero-order valence-electron chi connectivity index (χ0n) is 7.94. The lowest BCUT2D eigenvalue weighted by Crippen LogP contribution is -2.17. The molecule has 0 heterocycles. The van der Waals surface area contributed by atoms with Crippen LogP contribution in [0.3, 0.4) is 0 Å². The van der Waals surface area contributed by atoms with Crippen LogP contribution in [0, 0.1) is 0 Å². The maximum absolute atomic E-state index is 10.8. The van der Waals surface area contributed by atoms with Gasteiger partial charge >= 0.3 is 11.9 Å². The van der Waals surface area contributed by atoms with Crippen molar-refractivity contribution in [2.45, 2.75) is 13.0 Å². The van der Waals surface area contributed by atoms with Gasteiger partial charge in [-0.05, 0) is 12.1 Å². The predicted molar refractivity (Wildman–Crippen MR) is 53.6 cm³/mol. The SMILES string of the molecule is CC(=O)O[C@H](C(=O)O)c1cccc(Cl)c1. The van der Waals surface area contributed by atoms with Crippen LogP contribution in [0.2, 0.25) is 5.02 Å². The highest BCUT2D eigenvalue weighted by atomic mass is 35.5. The van der Waals surface area contributed by atoms with E-state index >= 15 is 0 Å². The van der Waals surface area contributed by atoms with Crippen LogP contribution in [0.5, 0.6) is 0 Å². The number of carbonyl (C=O) groups is 2. The van der Waals surface area contributed by atoms with Gasteiger partial charge in [-0.2, -0.15) is 0 Å². The summed E-state index contributed by atoms with van der Waals surface area (Å²) in [5, 5.41) is 9.24. The maximum Gasteiger partial charge on any atom is 0.349 e. The van der Waals surface area contributed by atoms with Gasteiger partial charge in [0.05, 0.1) is 0 Å². The number of carbonyl (C=O) groups excluding carboxylic acids is 1. The van der Waals surface area contributed by atoms with Crippen LogP contribution in [0.25, 0.3) is 0 Å². The molecule has 15 heavy (non-hydrogen) atoms. The van der Waals surface area contributed by atoms with Crippen molar-refractivity contribution >= 4 is 23.5 Å². The van der Waals surface area contributed by atoms with Crippen molar-refractivity contribution in [3.8, 4) is 0 Å². The molecule has 5 heteroatoms. The van der Waals surface area contributed by atoms with Gasteiger partial charge in [-0.1, -0.05) is 23.7 Å². The van der Waals surface area contributed by atoms with Crippen LogP contribution in [0.1, 0.15) is 18.6 Å². The number of benzene rings is 1. The molecule has 0 aromatic heterocycles. The lowest BCUT2D eigenvalue weighted by atomic mass is 10.1. The van der Waals surface area contributed by atoms with E-state index in [1.165, 1.54) is 12.1 Å². The van der Waals surface area contributed by atoms with Crippen LogP contribution in [0.4, 0.5) is 0 Å². The Morgan fingerprint density at radius 3 is 2.60 bits per heavy atom. The lowest BCUT2D eigenvalue weighted by Gasteiger charge is -2.12. The molecule has 0 bridgehead atoms.